The van der Waals surface area contributed by atoms with Gasteiger partial charge in [0.25, 0.3) is 0 Å². The Bertz CT molecular complexity index is 383. The number of rotatable bonds is 3. The summed E-state index contributed by atoms with van der Waals surface area (Å²) in [6.07, 6.45) is 10.2. The van der Waals surface area contributed by atoms with Crippen molar-refractivity contribution in [3.63, 3.8) is 0 Å². The van der Waals surface area contributed by atoms with E-state index in [1.54, 1.807) is 0 Å². The minimum absolute atomic E-state index is 0.132. The Labute approximate surface area is 117 Å². The molecule has 0 bridgehead atoms. The molecule has 2 N–H and O–H groups in total. The third-order valence-corrected chi connectivity index (χ3v) is 6.51. The van der Waals surface area contributed by atoms with E-state index in [9.17, 15) is 8.42 Å². The van der Waals surface area contributed by atoms with Gasteiger partial charge in [0.1, 0.15) is 9.84 Å². The largest absolute Gasteiger partial charge is 0.329 e. The van der Waals surface area contributed by atoms with Crippen LogP contribution in [0.5, 0.6) is 0 Å². The first-order valence-electron chi connectivity index (χ1n) is 7.67. The van der Waals surface area contributed by atoms with Crippen LogP contribution in [0.25, 0.3) is 0 Å². The quantitative estimate of drug-likeness (QED) is 0.856. The summed E-state index contributed by atoms with van der Waals surface area (Å²) in [5.41, 5.74) is 5.93. The summed E-state index contributed by atoms with van der Waals surface area (Å²) in [6.45, 7) is 1.81. The van der Waals surface area contributed by atoms with Gasteiger partial charge in [0, 0.05) is 24.9 Å². The summed E-state index contributed by atoms with van der Waals surface area (Å²) in [7, 11) is -2.89. The smallest absolute Gasteiger partial charge is 0.150 e. The molecule has 0 aromatic heterocycles. The SMILES string of the molecule is CS(=O)(=O)C1CCCC(N2CCCCCC2CN)C1. The molecule has 2 aliphatic rings. The summed E-state index contributed by atoms with van der Waals surface area (Å²) in [4.78, 5) is 2.53. The van der Waals surface area contributed by atoms with Gasteiger partial charge >= 0.3 is 0 Å². The third kappa shape index (κ3) is 3.92. The van der Waals surface area contributed by atoms with Crippen LogP contribution in [0.3, 0.4) is 0 Å². The van der Waals surface area contributed by atoms with Crippen molar-refractivity contribution < 1.29 is 8.42 Å². The fourth-order valence-corrected chi connectivity index (χ4v) is 4.91. The van der Waals surface area contributed by atoms with Crippen LogP contribution >= 0.6 is 0 Å². The average molecular weight is 288 g/mol. The van der Waals surface area contributed by atoms with Gasteiger partial charge < -0.3 is 5.73 Å². The van der Waals surface area contributed by atoms with E-state index >= 15 is 0 Å². The molecule has 1 saturated heterocycles. The number of nitrogens with zero attached hydrogens (tertiary/aromatic N) is 1. The lowest BCUT2D eigenvalue weighted by atomic mass is 9.92. The van der Waals surface area contributed by atoms with E-state index in [1.807, 2.05) is 0 Å². The predicted octanol–water partition coefficient (Wildman–Crippen LogP) is 1.55. The zero-order valence-electron chi connectivity index (χ0n) is 12.1. The van der Waals surface area contributed by atoms with Gasteiger partial charge in [-0.15, -0.1) is 0 Å². The molecule has 0 radical (unpaired) electrons. The minimum Gasteiger partial charge on any atom is -0.329 e. The lowest BCUT2D eigenvalue weighted by Gasteiger charge is -2.40. The molecule has 1 saturated carbocycles. The molecule has 3 unspecified atom stereocenters. The van der Waals surface area contributed by atoms with E-state index in [-0.39, 0.29) is 5.25 Å². The Balaban J connectivity index is 2.06. The van der Waals surface area contributed by atoms with Crippen molar-refractivity contribution in [1.82, 2.24) is 4.90 Å². The van der Waals surface area contributed by atoms with E-state index < -0.39 is 9.84 Å². The van der Waals surface area contributed by atoms with Crippen LogP contribution in [0.15, 0.2) is 0 Å². The number of sulfone groups is 1. The molecule has 3 atom stereocenters. The highest BCUT2D eigenvalue weighted by Crippen LogP contribution is 2.30. The van der Waals surface area contributed by atoms with Crippen LogP contribution in [0.4, 0.5) is 0 Å². The van der Waals surface area contributed by atoms with Gasteiger partial charge in [0.05, 0.1) is 5.25 Å². The second-order valence-electron chi connectivity index (χ2n) is 6.25. The molecule has 112 valence electrons. The molecule has 5 heteroatoms. The maximum Gasteiger partial charge on any atom is 0.150 e. The Morgan fingerprint density at radius 3 is 2.58 bits per heavy atom. The first-order chi connectivity index (χ1) is 9.02. The summed E-state index contributed by atoms with van der Waals surface area (Å²) >= 11 is 0. The monoisotopic (exact) mass is 288 g/mol. The second kappa shape index (κ2) is 6.55. The van der Waals surface area contributed by atoms with Crippen LogP contribution in [0.2, 0.25) is 0 Å². The van der Waals surface area contributed by atoms with E-state index in [0.29, 0.717) is 18.6 Å². The average Bonchev–Trinajstić information content (AvgIpc) is 2.62. The van der Waals surface area contributed by atoms with Crippen molar-refractivity contribution in [3.05, 3.63) is 0 Å². The van der Waals surface area contributed by atoms with Crippen molar-refractivity contribution in [1.29, 1.82) is 0 Å². The summed E-state index contributed by atoms with van der Waals surface area (Å²) < 4.78 is 23.6. The Morgan fingerprint density at radius 1 is 1.11 bits per heavy atom. The van der Waals surface area contributed by atoms with Crippen molar-refractivity contribution in [2.75, 3.05) is 19.3 Å². The summed E-state index contributed by atoms with van der Waals surface area (Å²) in [5.74, 6) is 0. The van der Waals surface area contributed by atoms with Gasteiger partial charge in [-0.05, 0) is 38.6 Å². The number of likely N-dealkylation sites (tertiary alicyclic amines) is 1. The first-order valence-corrected chi connectivity index (χ1v) is 9.62. The van der Waals surface area contributed by atoms with Crippen LogP contribution < -0.4 is 5.73 Å². The van der Waals surface area contributed by atoms with Gasteiger partial charge in [-0.2, -0.15) is 0 Å². The van der Waals surface area contributed by atoms with Crippen LogP contribution in [-0.2, 0) is 9.84 Å². The van der Waals surface area contributed by atoms with E-state index in [2.05, 4.69) is 4.90 Å². The van der Waals surface area contributed by atoms with Gasteiger partial charge in [0.2, 0.25) is 0 Å². The predicted molar refractivity (Wildman–Crippen MR) is 78.9 cm³/mol. The molecule has 0 aromatic carbocycles. The lowest BCUT2D eigenvalue weighted by molar-refractivity contribution is 0.111. The molecule has 19 heavy (non-hydrogen) atoms. The maximum atomic E-state index is 11.8. The van der Waals surface area contributed by atoms with Crippen LogP contribution in [0, 0.1) is 0 Å². The summed E-state index contributed by atoms with van der Waals surface area (Å²) in [5, 5.41) is -0.132. The van der Waals surface area contributed by atoms with E-state index in [0.717, 1.165) is 32.2 Å². The highest BCUT2D eigenvalue weighted by molar-refractivity contribution is 7.91. The standard InChI is InChI=1S/C14H28N2O2S/c1-19(17,18)14-8-5-7-12(10-14)16-9-4-2-3-6-13(16)11-15/h12-14H,2-11,15H2,1H3. The molecule has 1 aliphatic heterocycles. The Morgan fingerprint density at radius 2 is 1.89 bits per heavy atom. The van der Waals surface area contributed by atoms with Gasteiger partial charge in [0.15, 0.2) is 0 Å². The molecule has 1 heterocycles. The fraction of sp³-hybridized carbons (Fsp3) is 1.00. The summed E-state index contributed by atoms with van der Waals surface area (Å²) in [6, 6.07) is 0.894. The zero-order valence-corrected chi connectivity index (χ0v) is 12.9. The van der Waals surface area contributed by atoms with E-state index in [4.69, 9.17) is 5.73 Å². The number of hydrogen-bond acceptors (Lipinski definition) is 4. The molecule has 2 rings (SSSR count). The lowest BCUT2D eigenvalue weighted by Crippen LogP contribution is -2.49. The Kier molecular flexibility index (Phi) is 5.26. The minimum atomic E-state index is -2.89. The first kappa shape index (κ1) is 15.3. The zero-order chi connectivity index (χ0) is 13.9. The third-order valence-electron chi connectivity index (χ3n) is 4.87. The van der Waals surface area contributed by atoms with E-state index in [1.165, 1.54) is 31.9 Å². The van der Waals surface area contributed by atoms with Gasteiger partial charge in [-0.3, -0.25) is 4.90 Å². The van der Waals surface area contributed by atoms with Crippen molar-refractivity contribution >= 4 is 9.84 Å². The molecular formula is C14H28N2O2S. The van der Waals surface area contributed by atoms with Crippen molar-refractivity contribution in [2.45, 2.75) is 68.7 Å². The highest BCUT2D eigenvalue weighted by Gasteiger charge is 2.34. The second-order valence-corrected chi connectivity index (χ2v) is 8.57. The Hall–Kier alpha value is -0.130. The molecule has 1 aliphatic carbocycles. The maximum absolute atomic E-state index is 11.8. The topological polar surface area (TPSA) is 63.4 Å². The molecule has 0 aromatic rings. The molecule has 2 fully saturated rings. The normalized spacial score (nSPS) is 34.9. The molecule has 0 spiro atoms. The highest BCUT2D eigenvalue weighted by atomic mass is 32.2. The number of nitrogens with two attached hydrogens (primary N) is 1. The molecular weight excluding hydrogens is 260 g/mol. The van der Waals surface area contributed by atoms with Crippen LogP contribution in [-0.4, -0.2) is 50.0 Å². The van der Waals surface area contributed by atoms with Crippen molar-refractivity contribution in [3.8, 4) is 0 Å². The van der Waals surface area contributed by atoms with Gasteiger partial charge in [-0.25, -0.2) is 8.42 Å². The fourth-order valence-electron chi connectivity index (χ4n) is 3.74. The van der Waals surface area contributed by atoms with Crippen LogP contribution in [0.1, 0.15) is 51.4 Å². The van der Waals surface area contributed by atoms with Crippen molar-refractivity contribution in [2.24, 2.45) is 5.73 Å². The number of hydrogen-bond donors (Lipinski definition) is 1. The molecule has 0 amide bonds. The molecule has 4 nitrogen and oxygen atoms in total. The van der Waals surface area contributed by atoms with Gasteiger partial charge in [-0.1, -0.05) is 19.3 Å².